The zero-order valence-electron chi connectivity index (χ0n) is 19.4. The summed E-state index contributed by atoms with van der Waals surface area (Å²) in [6.07, 6.45) is 2.38. The van der Waals surface area contributed by atoms with Gasteiger partial charge in [-0.05, 0) is 30.6 Å². The molecule has 0 aromatic heterocycles. The van der Waals surface area contributed by atoms with E-state index < -0.39 is 14.4 Å². The first kappa shape index (κ1) is 24.8. The molecule has 1 aromatic carbocycles. The number of aliphatic hydroxyl groups is 1. The van der Waals surface area contributed by atoms with Gasteiger partial charge in [-0.3, -0.25) is 4.79 Å². The molecular weight excluding hydrogens is 396 g/mol. The fraction of sp³-hybridized carbons (Fsp3) is 0.625. The van der Waals surface area contributed by atoms with Crippen molar-refractivity contribution in [1.29, 1.82) is 0 Å². The molecule has 0 radical (unpaired) electrons. The van der Waals surface area contributed by atoms with E-state index in [0.717, 1.165) is 5.56 Å². The predicted molar refractivity (Wildman–Crippen MR) is 122 cm³/mol. The van der Waals surface area contributed by atoms with Gasteiger partial charge in [-0.1, -0.05) is 70.2 Å². The van der Waals surface area contributed by atoms with Crippen molar-refractivity contribution in [3.8, 4) is 0 Å². The number of benzene rings is 1. The number of rotatable bonds is 9. The first-order valence-corrected chi connectivity index (χ1v) is 13.7. The van der Waals surface area contributed by atoms with Crippen LogP contribution in [0.2, 0.25) is 18.1 Å². The van der Waals surface area contributed by atoms with Gasteiger partial charge < -0.3 is 19.0 Å². The van der Waals surface area contributed by atoms with Gasteiger partial charge >= 0.3 is 5.97 Å². The summed E-state index contributed by atoms with van der Waals surface area (Å²) in [4.78, 5) is 12.5. The standard InChI is InChI=1S/C24H38O5Si/c1-17(12-11-15-25)20(27-16-19-13-9-8-10-14-19)22-21(18(2)23(26)28-22)29-30(6,7)24(3,4)5/h8-14,17-18,20-22,25H,15-16H2,1-7H3/b12-11+/t17-,18-,20+,21-,22+/m1/s1. The Morgan fingerprint density at radius 1 is 1.23 bits per heavy atom. The lowest BCUT2D eigenvalue weighted by Gasteiger charge is -2.41. The summed E-state index contributed by atoms with van der Waals surface area (Å²) in [5.74, 6) is -0.647. The highest BCUT2D eigenvalue weighted by molar-refractivity contribution is 6.74. The van der Waals surface area contributed by atoms with Gasteiger partial charge in [0.15, 0.2) is 14.4 Å². The first-order valence-electron chi connectivity index (χ1n) is 10.8. The van der Waals surface area contributed by atoms with Gasteiger partial charge in [0.2, 0.25) is 0 Å². The Labute approximate surface area is 182 Å². The maximum absolute atomic E-state index is 12.5. The summed E-state index contributed by atoms with van der Waals surface area (Å²) >= 11 is 0. The predicted octanol–water partition coefficient (Wildman–Crippen LogP) is 4.71. The fourth-order valence-corrected chi connectivity index (χ4v) is 4.74. The van der Waals surface area contributed by atoms with Crippen molar-refractivity contribution in [1.82, 2.24) is 0 Å². The number of carbonyl (C=O) groups is 1. The van der Waals surface area contributed by atoms with Crippen molar-refractivity contribution in [2.24, 2.45) is 11.8 Å². The Morgan fingerprint density at radius 2 is 1.87 bits per heavy atom. The molecule has 0 spiro atoms. The lowest BCUT2D eigenvalue weighted by molar-refractivity contribution is -0.153. The maximum Gasteiger partial charge on any atom is 0.311 e. The van der Waals surface area contributed by atoms with E-state index in [1.807, 2.05) is 50.3 Å². The van der Waals surface area contributed by atoms with E-state index in [2.05, 4.69) is 33.9 Å². The molecule has 1 heterocycles. The van der Waals surface area contributed by atoms with Crippen LogP contribution in [0.1, 0.15) is 40.2 Å². The maximum atomic E-state index is 12.5. The normalized spacial score (nSPS) is 24.8. The summed E-state index contributed by atoms with van der Waals surface area (Å²) in [5, 5.41) is 9.24. The minimum Gasteiger partial charge on any atom is -0.457 e. The average molecular weight is 435 g/mol. The number of hydrogen-bond donors (Lipinski definition) is 1. The molecule has 0 unspecified atom stereocenters. The zero-order valence-corrected chi connectivity index (χ0v) is 20.4. The molecule has 1 saturated heterocycles. The Balaban J connectivity index is 2.30. The summed E-state index contributed by atoms with van der Waals surface area (Å²) in [6.45, 7) is 15.2. The topological polar surface area (TPSA) is 65.0 Å². The zero-order chi connectivity index (χ0) is 22.5. The summed E-state index contributed by atoms with van der Waals surface area (Å²) in [5.41, 5.74) is 1.06. The van der Waals surface area contributed by atoms with Crippen LogP contribution in [-0.4, -0.2) is 44.3 Å². The van der Waals surface area contributed by atoms with Crippen molar-refractivity contribution >= 4 is 14.3 Å². The van der Waals surface area contributed by atoms with E-state index in [1.54, 1.807) is 6.08 Å². The Bertz CT molecular complexity index is 710. The highest BCUT2D eigenvalue weighted by Gasteiger charge is 2.52. The number of aliphatic hydroxyl groups excluding tert-OH is 1. The molecular formula is C24H38O5Si. The summed E-state index contributed by atoms with van der Waals surface area (Å²) < 4.78 is 18.8. The minimum atomic E-state index is -2.12. The fourth-order valence-electron chi connectivity index (χ4n) is 3.36. The van der Waals surface area contributed by atoms with E-state index in [4.69, 9.17) is 13.9 Å². The average Bonchev–Trinajstić information content (AvgIpc) is 2.94. The van der Waals surface area contributed by atoms with Crippen LogP contribution in [0.15, 0.2) is 42.5 Å². The molecule has 168 valence electrons. The number of cyclic esters (lactones) is 1. The van der Waals surface area contributed by atoms with E-state index in [9.17, 15) is 9.90 Å². The van der Waals surface area contributed by atoms with Crippen LogP contribution in [-0.2, 0) is 25.3 Å². The number of carbonyl (C=O) groups excluding carboxylic acids is 1. The van der Waals surface area contributed by atoms with Gasteiger partial charge in [0.25, 0.3) is 0 Å². The molecule has 5 nitrogen and oxygen atoms in total. The molecule has 1 aliphatic heterocycles. The van der Waals surface area contributed by atoms with Gasteiger partial charge in [0, 0.05) is 5.92 Å². The Hall–Kier alpha value is -1.47. The van der Waals surface area contributed by atoms with Crippen molar-refractivity contribution in [2.45, 2.75) is 77.7 Å². The van der Waals surface area contributed by atoms with Crippen LogP contribution in [0.25, 0.3) is 0 Å². The van der Waals surface area contributed by atoms with Crippen LogP contribution in [0.4, 0.5) is 0 Å². The molecule has 1 fully saturated rings. The number of hydrogen-bond acceptors (Lipinski definition) is 5. The van der Waals surface area contributed by atoms with E-state index in [1.165, 1.54) is 0 Å². The van der Waals surface area contributed by atoms with Crippen molar-refractivity contribution in [3.63, 3.8) is 0 Å². The van der Waals surface area contributed by atoms with Gasteiger partial charge in [-0.25, -0.2) is 0 Å². The van der Waals surface area contributed by atoms with Gasteiger partial charge in [-0.15, -0.1) is 0 Å². The Morgan fingerprint density at radius 3 is 2.43 bits per heavy atom. The molecule has 5 atom stereocenters. The number of esters is 1. The van der Waals surface area contributed by atoms with Crippen LogP contribution in [0.3, 0.4) is 0 Å². The molecule has 0 saturated carbocycles. The second-order valence-electron chi connectivity index (χ2n) is 9.76. The molecule has 0 amide bonds. The van der Waals surface area contributed by atoms with E-state index in [-0.39, 0.29) is 41.7 Å². The van der Waals surface area contributed by atoms with Crippen LogP contribution in [0.5, 0.6) is 0 Å². The molecule has 0 aliphatic carbocycles. The molecule has 1 aromatic rings. The van der Waals surface area contributed by atoms with Crippen LogP contribution in [0, 0.1) is 11.8 Å². The third-order valence-electron chi connectivity index (χ3n) is 6.35. The molecule has 6 heteroatoms. The highest BCUT2D eigenvalue weighted by atomic mass is 28.4. The van der Waals surface area contributed by atoms with E-state index in [0.29, 0.717) is 6.61 Å². The molecule has 2 rings (SSSR count). The third-order valence-corrected chi connectivity index (χ3v) is 10.8. The smallest absolute Gasteiger partial charge is 0.311 e. The molecule has 1 N–H and O–H groups in total. The molecule has 1 aliphatic rings. The van der Waals surface area contributed by atoms with Crippen LogP contribution >= 0.6 is 0 Å². The van der Waals surface area contributed by atoms with Crippen molar-refractivity contribution in [3.05, 3.63) is 48.0 Å². The molecule has 0 bridgehead atoms. The lowest BCUT2D eigenvalue weighted by Crippen LogP contribution is -2.51. The number of ether oxygens (including phenoxy) is 2. The van der Waals surface area contributed by atoms with Gasteiger partial charge in [0.1, 0.15) is 6.10 Å². The first-order chi connectivity index (χ1) is 14.0. The molecule has 30 heavy (non-hydrogen) atoms. The Kier molecular flexibility index (Phi) is 8.45. The second kappa shape index (κ2) is 10.2. The largest absolute Gasteiger partial charge is 0.457 e. The van der Waals surface area contributed by atoms with Gasteiger partial charge in [0.05, 0.1) is 25.2 Å². The van der Waals surface area contributed by atoms with Crippen molar-refractivity contribution in [2.75, 3.05) is 6.61 Å². The lowest BCUT2D eigenvalue weighted by atomic mass is 9.92. The van der Waals surface area contributed by atoms with Gasteiger partial charge in [-0.2, -0.15) is 0 Å². The summed E-state index contributed by atoms with van der Waals surface area (Å²) in [7, 11) is -2.12. The highest BCUT2D eigenvalue weighted by Crippen LogP contribution is 2.41. The quantitative estimate of drug-likeness (QED) is 0.346. The SMILES string of the molecule is C[C@H](/C=C/CO)[C@H](OCc1ccccc1)[C@@H]1OC(=O)[C@H](C)[C@H]1O[Si](C)(C)C(C)(C)C. The monoisotopic (exact) mass is 434 g/mol. The van der Waals surface area contributed by atoms with Crippen molar-refractivity contribution < 1.29 is 23.8 Å². The third kappa shape index (κ3) is 6.03. The summed E-state index contributed by atoms with van der Waals surface area (Å²) in [6, 6.07) is 9.95. The second-order valence-corrected chi connectivity index (χ2v) is 14.5. The minimum absolute atomic E-state index is 0.0196. The van der Waals surface area contributed by atoms with Crippen LogP contribution < -0.4 is 0 Å². The van der Waals surface area contributed by atoms with E-state index >= 15 is 0 Å².